The molecule has 7 nitrogen and oxygen atoms in total. The Balaban J connectivity index is 1.97. The van der Waals surface area contributed by atoms with Gasteiger partial charge in [0.25, 0.3) is 0 Å². The molecule has 2 aromatic rings. The van der Waals surface area contributed by atoms with Crippen molar-refractivity contribution in [2.75, 3.05) is 7.11 Å². The van der Waals surface area contributed by atoms with Gasteiger partial charge in [0.2, 0.25) is 17.6 Å². The van der Waals surface area contributed by atoms with Crippen molar-refractivity contribution in [3.8, 4) is 11.4 Å². The van der Waals surface area contributed by atoms with Gasteiger partial charge < -0.3 is 4.52 Å². The average molecular weight is 248 g/mol. The summed E-state index contributed by atoms with van der Waals surface area (Å²) in [6.45, 7) is 0. The van der Waals surface area contributed by atoms with Crippen LogP contribution in [0.25, 0.3) is 11.4 Å². The van der Waals surface area contributed by atoms with Crippen LogP contribution in [-0.2, 0) is 16.1 Å². The lowest BCUT2D eigenvalue weighted by Crippen LogP contribution is -2.21. The minimum atomic E-state index is -0.235. The van der Waals surface area contributed by atoms with Gasteiger partial charge in [-0.1, -0.05) is 5.16 Å². The van der Waals surface area contributed by atoms with Gasteiger partial charge in [0.15, 0.2) is 0 Å². The Morgan fingerprint density at radius 2 is 2.22 bits per heavy atom. The largest absolute Gasteiger partial charge is 0.339 e. The molecule has 0 saturated carbocycles. The van der Waals surface area contributed by atoms with E-state index in [1.807, 2.05) is 0 Å². The summed E-state index contributed by atoms with van der Waals surface area (Å²) in [5.74, 6) is 0.661. The lowest BCUT2D eigenvalue weighted by atomic mass is 10.2. The molecule has 0 aromatic carbocycles. The maximum absolute atomic E-state index is 11.2. The van der Waals surface area contributed by atoms with Crippen molar-refractivity contribution in [2.24, 2.45) is 0 Å². The number of aryl methyl sites for hydroxylation is 1. The molecule has 0 saturated heterocycles. The number of aromatic nitrogens is 3. The first kappa shape index (κ1) is 12.2. The fraction of sp³-hybridized carbons (Fsp3) is 0.273. The number of hydroxylamine groups is 1. The van der Waals surface area contributed by atoms with Gasteiger partial charge in [-0.25, -0.2) is 5.48 Å². The molecule has 7 heteroatoms. The van der Waals surface area contributed by atoms with E-state index in [0.29, 0.717) is 18.1 Å². The van der Waals surface area contributed by atoms with E-state index in [9.17, 15) is 4.79 Å². The minimum Gasteiger partial charge on any atom is -0.339 e. The Morgan fingerprint density at radius 3 is 2.94 bits per heavy atom. The summed E-state index contributed by atoms with van der Waals surface area (Å²) in [5.41, 5.74) is 3.04. The van der Waals surface area contributed by atoms with Crippen LogP contribution in [0.1, 0.15) is 12.3 Å². The summed E-state index contributed by atoms with van der Waals surface area (Å²) in [5, 5.41) is 3.83. The van der Waals surface area contributed by atoms with Crippen LogP contribution >= 0.6 is 0 Å². The Kier molecular flexibility index (Phi) is 3.98. The highest BCUT2D eigenvalue weighted by Crippen LogP contribution is 2.14. The molecule has 0 spiro atoms. The third-order valence-corrected chi connectivity index (χ3v) is 2.19. The van der Waals surface area contributed by atoms with E-state index in [0.717, 1.165) is 5.56 Å². The molecule has 0 atom stereocenters. The van der Waals surface area contributed by atoms with Gasteiger partial charge in [0.05, 0.1) is 7.11 Å². The number of carbonyl (C=O) groups is 1. The number of hydrogen-bond acceptors (Lipinski definition) is 6. The quantitative estimate of drug-likeness (QED) is 0.785. The van der Waals surface area contributed by atoms with Crippen molar-refractivity contribution in [3.63, 3.8) is 0 Å². The predicted molar refractivity (Wildman–Crippen MR) is 61.0 cm³/mol. The molecule has 0 unspecified atom stereocenters. The zero-order valence-electron chi connectivity index (χ0n) is 9.79. The van der Waals surface area contributed by atoms with Crippen molar-refractivity contribution in [3.05, 3.63) is 30.4 Å². The molecule has 0 aliphatic rings. The maximum Gasteiger partial charge on any atom is 0.244 e. The van der Waals surface area contributed by atoms with E-state index in [4.69, 9.17) is 4.52 Å². The summed E-state index contributed by atoms with van der Waals surface area (Å²) in [6, 6.07) is 3.57. The molecule has 1 amide bonds. The van der Waals surface area contributed by atoms with Crippen LogP contribution in [0.15, 0.2) is 29.0 Å². The van der Waals surface area contributed by atoms with Crippen LogP contribution in [0.5, 0.6) is 0 Å². The molecule has 94 valence electrons. The van der Waals surface area contributed by atoms with Gasteiger partial charge in [0, 0.05) is 30.8 Å². The molecule has 0 aliphatic carbocycles. The first-order valence-electron chi connectivity index (χ1n) is 5.34. The fourth-order valence-corrected chi connectivity index (χ4v) is 1.36. The van der Waals surface area contributed by atoms with Gasteiger partial charge >= 0.3 is 0 Å². The lowest BCUT2D eigenvalue weighted by Gasteiger charge is -1.98. The van der Waals surface area contributed by atoms with Gasteiger partial charge in [-0.05, 0) is 12.1 Å². The third-order valence-electron chi connectivity index (χ3n) is 2.19. The Bertz CT molecular complexity index is 512. The molecule has 2 aromatic heterocycles. The monoisotopic (exact) mass is 248 g/mol. The Morgan fingerprint density at radius 1 is 1.44 bits per heavy atom. The average Bonchev–Trinajstić information content (AvgIpc) is 2.87. The molecular formula is C11H12N4O3. The third kappa shape index (κ3) is 3.11. The van der Waals surface area contributed by atoms with Crippen LogP contribution in [0.3, 0.4) is 0 Å². The number of nitrogens with one attached hydrogen (secondary N) is 1. The topological polar surface area (TPSA) is 90.1 Å². The van der Waals surface area contributed by atoms with Crippen LogP contribution in [0, 0.1) is 0 Å². The molecule has 0 fully saturated rings. The van der Waals surface area contributed by atoms with Crippen molar-refractivity contribution in [1.82, 2.24) is 20.6 Å². The minimum absolute atomic E-state index is 0.228. The van der Waals surface area contributed by atoms with Crippen LogP contribution in [0.4, 0.5) is 0 Å². The molecule has 0 radical (unpaired) electrons. The first-order valence-corrected chi connectivity index (χ1v) is 5.34. The number of pyridine rings is 1. The number of rotatable bonds is 5. The van der Waals surface area contributed by atoms with E-state index >= 15 is 0 Å². The van der Waals surface area contributed by atoms with Crippen LogP contribution in [-0.4, -0.2) is 28.1 Å². The van der Waals surface area contributed by atoms with Gasteiger partial charge in [-0.2, -0.15) is 4.98 Å². The highest BCUT2D eigenvalue weighted by atomic mass is 16.6. The van der Waals surface area contributed by atoms with Crippen molar-refractivity contribution < 1.29 is 14.2 Å². The summed E-state index contributed by atoms with van der Waals surface area (Å²) in [7, 11) is 1.38. The van der Waals surface area contributed by atoms with Crippen molar-refractivity contribution in [1.29, 1.82) is 0 Å². The standard InChI is InChI=1S/C11H12N4O3/c1-17-14-9(16)2-3-10-13-11(15-18-10)8-4-6-12-7-5-8/h4-7H,2-3H2,1H3,(H,14,16). The summed E-state index contributed by atoms with van der Waals surface area (Å²) in [4.78, 5) is 23.7. The highest BCUT2D eigenvalue weighted by molar-refractivity contribution is 5.74. The van der Waals surface area contributed by atoms with E-state index < -0.39 is 0 Å². The van der Waals surface area contributed by atoms with Gasteiger partial charge in [0.1, 0.15) is 0 Å². The van der Waals surface area contributed by atoms with Gasteiger partial charge in [-0.15, -0.1) is 0 Å². The zero-order chi connectivity index (χ0) is 12.8. The summed E-state index contributed by atoms with van der Waals surface area (Å²) >= 11 is 0. The molecule has 18 heavy (non-hydrogen) atoms. The Hall–Kier alpha value is -2.28. The normalized spacial score (nSPS) is 10.3. The predicted octanol–water partition coefficient (Wildman–Crippen LogP) is 0.742. The van der Waals surface area contributed by atoms with Crippen LogP contribution < -0.4 is 5.48 Å². The van der Waals surface area contributed by atoms with Crippen molar-refractivity contribution in [2.45, 2.75) is 12.8 Å². The van der Waals surface area contributed by atoms with Crippen LogP contribution in [0.2, 0.25) is 0 Å². The number of amides is 1. The van der Waals surface area contributed by atoms with Crippen molar-refractivity contribution >= 4 is 5.91 Å². The summed E-state index contributed by atoms with van der Waals surface area (Å²) < 4.78 is 5.05. The first-order chi connectivity index (χ1) is 8.79. The lowest BCUT2D eigenvalue weighted by molar-refractivity contribution is -0.131. The van der Waals surface area contributed by atoms with E-state index in [2.05, 4.69) is 25.4 Å². The van der Waals surface area contributed by atoms with E-state index in [-0.39, 0.29) is 12.3 Å². The number of hydrogen-bond donors (Lipinski definition) is 1. The fourth-order valence-electron chi connectivity index (χ4n) is 1.36. The SMILES string of the molecule is CONC(=O)CCc1nc(-c2ccncc2)no1. The summed E-state index contributed by atoms with van der Waals surface area (Å²) in [6.07, 6.45) is 3.90. The van der Waals surface area contributed by atoms with Gasteiger partial charge in [-0.3, -0.25) is 14.6 Å². The number of carbonyl (C=O) groups excluding carboxylic acids is 1. The molecular weight excluding hydrogens is 236 g/mol. The Labute approximate surface area is 103 Å². The second-order valence-electron chi connectivity index (χ2n) is 3.48. The molecule has 0 bridgehead atoms. The smallest absolute Gasteiger partial charge is 0.244 e. The molecule has 1 N–H and O–H groups in total. The second-order valence-corrected chi connectivity index (χ2v) is 3.48. The number of nitrogens with zero attached hydrogens (tertiary/aromatic N) is 3. The molecule has 0 aliphatic heterocycles. The second kappa shape index (κ2) is 5.87. The highest BCUT2D eigenvalue weighted by Gasteiger charge is 2.10. The zero-order valence-corrected chi connectivity index (χ0v) is 9.79. The van der Waals surface area contributed by atoms with E-state index in [1.165, 1.54) is 7.11 Å². The molecule has 2 heterocycles. The van der Waals surface area contributed by atoms with E-state index in [1.54, 1.807) is 24.5 Å². The maximum atomic E-state index is 11.2. The molecule has 2 rings (SSSR count).